The summed E-state index contributed by atoms with van der Waals surface area (Å²) < 4.78 is 244. The summed E-state index contributed by atoms with van der Waals surface area (Å²) in [4.78, 5) is 0. The monoisotopic (exact) mass is 640 g/mol. The zero-order chi connectivity index (χ0) is 31.6. The van der Waals surface area contributed by atoms with Crippen LogP contribution in [0.2, 0.25) is 6.04 Å². The van der Waals surface area contributed by atoms with Crippen LogP contribution in [0.1, 0.15) is 27.2 Å². The number of rotatable bonds is 17. The molecule has 0 aliphatic heterocycles. The molecule has 0 aromatic carbocycles. The van der Waals surface area contributed by atoms with Crippen LogP contribution in [-0.4, -0.2) is 83.1 Å². The summed E-state index contributed by atoms with van der Waals surface area (Å²) >= 11 is 0. The van der Waals surface area contributed by atoms with Gasteiger partial charge in [-0.3, -0.25) is 0 Å². The van der Waals surface area contributed by atoms with Crippen LogP contribution < -0.4 is 0 Å². The lowest BCUT2D eigenvalue weighted by Crippen LogP contribution is -2.74. The van der Waals surface area contributed by atoms with Crippen LogP contribution in [0.5, 0.6) is 0 Å². The fourth-order valence-electron chi connectivity index (χ4n) is 2.73. The molecule has 0 rings (SSSR count). The quantitative estimate of drug-likeness (QED) is 0.0944. The molecule has 4 nitrogen and oxygen atoms in total. The van der Waals surface area contributed by atoms with E-state index in [2.05, 4.69) is 4.74 Å². The molecule has 0 fully saturated rings. The molecule has 0 radical (unpaired) electrons. The molecule has 0 amide bonds. The predicted octanol–water partition coefficient (Wildman–Crippen LogP) is 7.41. The van der Waals surface area contributed by atoms with Crippen molar-refractivity contribution in [3.63, 3.8) is 0 Å². The average Bonchev–Trinajstić information content (AvgIpc) is 2.75. The lowest BCUT2D eigenvalue weighted by atomic mass is 9.90. The number of alkyl halides is 17. The summed E-state index contributed by atoms with van der Waals surface area (Å²) in [5, 5.41) is 0. The normalized spacial score (nSPS) is 15.7. The number of halogens is 17. The topological polar surface area (TPSA) is 36.9 Å². The first-order valence-electron chi connectivity index (χ1n) is 10.4. The van der Waals surface area contributed by atoms with E-state index in [-0.39, 0.29) is 19.8 Å². The molecule has 0 aromatic rings. The Kier molecular flexibility index (Phi) is 11.7. The van der Waals surface area contributed by atoms with E-state index >= 15 is 0 Å². The van der Waals surface area contributed by atoms with Gasteiger partial charge in [-0.1, -0.05) is 0 Å². The van der Waals surface area contributed by atoms with Gasteiger partial charge in [0.2, 0.25) is 0 Å². The molecule has 0 saturated carbocycles. The van der Waals surface area contributed by atoms with Crippen molar-refractivity contribution in [3.8, 4) is 0 Å². The summed E-state index contributed by atoms with van der Waals surface area (Å²) in [6.45, 7) is 2.18. The molecular weight excluding hydrogens is 619 g/mol. The largest absolute Gasteiger partial charge is 0.501 e. The smallest absolute Gasteiger partial charge is 0.374 e. The van der Waals surface area contributed by atoms with Crippen LogP contribution in [0.4, 0.5) is 74.6 Å². The van der Waals surface area contributed by atoms with Crippen molar-refractivity contribution >= 4 is 8.80 Å². The maximum absolute atomic E-state index is 13.8. The third-order valence-electron chi connectivity index (χ3n) is 4.70. The summed E-state index contributed by atoms with van der Waals surface area (Å²) in [5.41, 5.74) is 0. The van der Waals surface area contributed by atoms with E-state index in [1.807, 2.05) is 0 Å². The minimum atomic E-state index is -8.68. The second-order valence-corrected chi connectivity index (χ2v) is 10.1. The minimum Gasteiger partial charge on any atom is -0.374 e. The van der Waals surface area contributed by atoms with Gasteiger partial charge in [-0.15, -0.1) is 0 Å². The molecule has 0 spiro atoms. The standard InChI is InChI=1S/C17H21F17O4Si/c1-4-36-39(37-5-2,38-6-3)9-7-8-35-17(33,34)15(28,29)13(24,25)11(20,21)10(18,19)12(22,23)14(26,27)16(30,31)32/h4-9H2,1-3H3. The van der Waals surface area contributed by atoms with Gasteiger partial charge in [0, 0.05) is 25.9 Å². The lowest BCUT2D eigenvalue weighted by Gasteiger charge is -2.42. The molecule has 0 saturated heterocycles. The molecule has 39 heavy (non-hydrogen) atoms. The number of hydrogen-bond donors (Lipinski definition) is 0. The van der Waals surface area contributed by atoms with E-state index in [4.69, 9.17) is 13.3 Å². The van der Waals surface area contributed by atoms with Crippen LogP contribution in [0, 0.1) is 0 Å². The Balaban J connectivity index is 6.13. The van der Waals surface area contributed by atoms with Gasteiger partial charge >= 0.3 is 56.6 Å². The van der Waals surface area contributed by atoms with Gasteiger partial charge in [-0.25, -0.2) is 0 Å². The van der Waals surface area contributed by atoms with Crippen LogP contribution >= 0.6 is 0 Å². The molecule has 0 heterocycles. The molecule has 0 aromatic heterocycles. The zero-order valence-electron chi connectivity index (χ0n) is 19.8. The third kappa shape index (κ3) is 6.53. The molecule has 22 heteroatoms. The van der Waals surface area contributed by atoms with E-state index in [0.717, 1.165) is 0 Å². The SMILES string of the molecule is CCO[Si](CCCOC(F)(F)C(F)(F)C(F)(F)C(F)(F)C(F)(F)C(F)(F)C(F)(F)C(F)(F)F)(OCC)OCC. The van der Waals surface area contributed by atoms with E-state index < -0.39 is 75.7 Å². The van der Waals surface area contributed by atoms with Crippen LogP contribution in [-0.2, 0) is 18.0 Å². The third-order valence-corrected chi connectivity index (χ3v) is 7.85. The minimum absolute atomic E-state index is 0.102. The highest BCUT2D eigenvalue weighted by Gasteiger charge is 2.95. The van der Waals surface area contributed by atoms with Crippen LogP contribution in [0.25, 0.3) is 0 Å². The van der Waals surface area contributed by atoms with E-state index in [1.54, 1.807) is 0 Å². The molecule has 0 atom stereocenters. The van der Waals surface area contributed by atoms with Crippen molar-refractivity contribution in [2.24, 2.45) is 0 Å². The fourth-order valence-corrected chi connectivity index (χ4v) is 5.31. The lowest BCUT2D eigenvalue weighted by molar-refractivity contribution is -0.477. The predicted molar refractivity (Wildman–Crippen MR) is 96.7 cm³/mol. The Morgan fingerprint density at radius 1 is 0.462 bits per heavy atom. The average molecular weight is 640 g/mol. The second-order valence-electron chi connectivity index (χ2n) is 7.39. The molecule has 0 bridgehead atoms. The summed E-state index contributed by atoms with van der Waals surface area (Å²) in [6.07, 6.45) is -15.6. The van der Waals surface area contributed by atoms with Crippen molar-refractivity contribution in [2.45, 2.75) is 81.1 Å². The maximum Gasteiger partial charge on any atom is 0.501 e. The van der Waals surface area contributed by atoms with E-state index in [9.17, 15) is 74.6 Å². The molecular formula is C17H21F17O4Si. The van der Waals surface area contributed by atoms with Crippen molar-refractivity contribution in [1.29, 1.82) is 0 Å². The van der Waals surface area contributed by atoms with Gasteiger partial charge < -0.3 is 18.0 Å². The Bertz CT molecular complexity index is 771. The molecule has 0 aliphatic carbocycles. The van der Waals surface area contributed by atoms with Crippen molar-refractivity contribution in [1.82, 2.24) is 0 Å². The van der Waals surface area contributed by atoms with Gasteiger partial charge in [-0.2, -0.15) is 74.6 Å². The zero-order valence-corrected chi connectivity index (χ0v) is 20.8. The van der Waals surface area contributed by atoms with Gasteiger partial charge in [0.25, 0.3) is 0 Å². The Hall–Kier alpha value is -1.13. The first-order chi connectivity index (χ1) is 17.1. The summed E-state index contributed by atoms with van der Waals surface area (Å²) in [7, 11) is -3.71. The first-order valence-corrected chi connectivity index (χ1v) is 12.3. The summed E-state index contributed by atoms with van der Waals surface area (Å²) in [6, 6.07) is -0.548. The summed E-state index contributed by atoms with van der Waals surface area (Å²) in [5.74, 6) is -50.4. The van der Waals surface area contributed by atoms with Crippen LogP contribution in [0.15, 0.2) is 0 Å². The molecule has 0 aliphatic rings. The van der Waals surface area contributed by atoms with E-state index in [1.165, 1.54) is 20.8 Å². The second kappa shape index (κ2) is 12.0. The highest BCUT2D eigenvalue weighted by atomic mass is 28.4. The Labute approximate surface area is 210 Å². The van der Waals surface area contributed by atoms with Gasteiger partial charge in [0.15, 0.2) is 0 Å². The maximum atomic E-state index is 13.8. The number of ether oxygens (including phenoxy) is 1. The number of hydrogen-bond acceptors (Lipinski definition) is 4. The highest BCUT2D eigenvalue weighted by molar-refractivity contribution is 6.60. The van der Waals surface area contributed by atoms with Crippen molar-refractivity contribution in [2.75, 3.05) is 26.4 Å². The van der Waals surface area contributed by atoms with Crippen molar-refractivity contribution in [3.05, 3.63) is 0 Å². The van der Waals surface area contributed by atoms with Crippen LogP contribution in [0.3, 0.4) is 0 Å². The highest BCUT2D eigenvalue weighted by Crippen LogP contribution is 2.64. The van der Waals surface area contributed by atoms with Crippen molar-refractivity contribution < 1.29 is 92.7 Å². The molecule has 0 unspecified atom stereocenters. The molecule has 236 valence electrons. The Morgan fingerprint density at radius 3 is 1.08 bits per heavy atom. The van der Waals surface area contributed by atoms with E-state index in [0.29, 0.717) is 0 Å². The van der Waals surface area contributed by atoms with Gasteiger partial charge in [-0.05, 0) is 27.2 Å². The first kappa shape index (κ1) is 37.9. The van der Waals surface area contributed by atoms with Gasteiger partial charge in [0.05, 0.1) is 6.61 Å². The van der Waals surface area contributed by atoms with Gasteiger partial charge in [0.1, 0.15) is 0 Å². The fraction of sp³-hybridized carbons (Fsp3) is 1.00. The Morgan fingerprint density at radius 2 is 0.769 bits per heavy atom. The molecule has 0 N–H and O–H groups in total.